The molecule has 1 aliphatic rings. The van der Waals surface area contributed by atoms with Crippen LogP contribution in [0.3, 0.4) is 0 Å². The summed E-state index contributed by atoms with van der Waals surface area (Å²) in [5.74, 6) is 0.841. The Bertz CT molecular complexity index is 1240. The summed E-state index contributed by atoms with van der Waals surface area (Å²) in [6.45, 7) is 0.325. The lowest BCUT2D eigenvalue weighted by atomic mass is 10.1. The lowest BCUT2D eigenvalue weighted by Crippen LogP contribution is -2.05. The molecule has 0 radical (unpaired) electrons. The Labute approximate surface area is 212 Å². The second-order valence-corrected chi connectivity index (χ2v) is 9.33. The third-order valence-electron chi connectivity index (χ3n) is 4.54. The van der Waals surface area contributed by atoms with E-state index >= 15 is 0 Å². The molecule has 1 heterocycles. The van der Waals surface area contributed by atoms with Crippen LogP contribution in [-0.4, -0.2) is 19.0 Å². The van der Waals surface area contributed by atoms with Gasteiger partial charge in [0.25, 0.3) is 0 Å². The van der Waals surface area contributed by atoms with E-state index in [1.165, 1.54) is 0 Å². The minimum Gasteiger partial charge on any atom is -0.493 e. The molecule has 4 rings (SSSR count). The van der Waals surface area contributed by atoms with Gasteiger partial charge in [-0.05, 0) is 104 Å². The van der Waals surface area contributed by atoms with E-state index in [1.54, 1.807) is 19.3 Å². The van der Waals surface area contributed by atoms with E-state index in [9.17, 15) is 4.79 Å². The highest BCUT2D eigenvalue weighted by Gasteiger charge is 2.24. The van der Waals surface area contributed by atoms with Crippen molar-refractivity contribution in [1.29, 1.82) is 0 Å². The van der Waals surface area contributed by atoms with Crippen LogP contribution < -0.4 is 9.47 Å². The number of rotatable bonds is 6. The van der Waals surface area contributed by atoms with Gasteiger partial charge in [0.1, 0.15) is 6.61 Å². The molecule has 1 aliphatic heterocycles. The van der Waals surface area contributed by atoms with Gasteiger partial charge < -0.3 is 14.2 Å². The molecule has 0 aliphatic carbocycles. The third-order valence-corrected chi connectivity index (χ3v) is 6.08. The van der Waals surface area contributed by atoms with Crippen molar-refractivity contribution in [2.24, 2.45) is 4.99 Å². The van der Waals surface area contributed by atoms with Crippen molar-refractivity contribution in [2.45, 2.75) is 6.61 Å². The number of methoxy groups -OCH3 is 1. The number of hydrogen-bond donors (Lipinski definition) is 0. The Morgan fingerprint density at radius 2 is 1.94 bits per heavy atom. The topological polar surface area (TPSA) is 57.1 Å². The van der Waals surface area contributed by atoms with Gasteiger partial charge in [-0.15, -0.1) is 0 Å². The van der Waals surface area contributed by atoms with Crippen molar-refractivity contribution in [2.75, 3.05) is 7.11 Å². The van der Waals surface area contributed by atoms with Crippen LogP contribution in [0.5, 0.6) is 11.5 Å². The molecular weight excluding hydrogens is 609 g/mol. The highest BCUT2D eigenvalue weighted by Crippen LogP contribution is 2.38. The van der Waals surface area contributed by atoms with E-state index in [0.717, 1.165) is 14.7 Å². The predicted molar refractivity (Wildman–Crippen MR) is 136 cm³/mol. The molecule has 0 atom stereocenters. The molecule has 0 bridgehead atoms. The molecular formula is C24H16BrClINO4. The highest BCUT2D eigenvalue weighted by molar-refractivity contribution is 14.1. The van der Waals surface area contributed by atoms with Crippen LogP contribution in [0.15, 0.2) is 75.8 Å². The van der Waals surface area contributed by atoms with Gasteiger partial charge in [0.05, 0.1) is 11.6 Å². The molecule has 5 nitrogen and oxygen atoms in total. The minimum absolute atomic E-state index is 0.208. The molecule has 3 aromatic carbocycles. The van der Waals surface area contributed by atoms with E-state index < -0.39 is 5.97 Å². The van der Waals surface area contributed by atoms with Crippen molar-refractivity contribution in [3.8, 4) is 11.5 Å². The number of aliphatic imine (C=N–C) groups is 1. The third kappa shape index (κ3) is 5.33. The number of halogens is 3. The molecule has 0 aromatic heterocycles. The molecule has 162 valence electrons. The van der Waals surface area contributed by atoms with Crippen LogP contribution in [0, 0.1) is 3.57 Å². The normalized spacial score (nSPS) is 14.3. The van der Waals surface area contributed by atoms with Gasteiger partial charge in [-0.25, -0.2) is 9.79 Å². The number of esters is 1. The SMILES string of the molecule is COc1cc(/C=C2\N=C(c3ccc(I)cc3)OC2=O)cc(Br)c1OCc1cccc(Cl)c1. The fourth-order valence-electron chi connectivity index (χ4n) is 3.03. The standard InChI is InChI=1S/C24H16BrClINO4/c1-30-21-12-15(10-19(25)22(21)31-13-14-3-2-4-17(26)9-14)11-20-24(29)32-23(28-20)16-5-7-18(27)8-6-16/h2-12H,13H2,1H3/b20-11-. The molecule has 3 aromatic rings. The van der Waals surface area contributed by atoms with Crippen molar-refractivity contribution < 1.29 is 19.0 Å². The number of carbonyl (C=O) groups is 1. The molecule has 0 fully saturated rings. The van der Waals surface area contributed by atoms with Crippen LogP contribution in [-0.2, 0) is 16.1 Å². The first-order valence-electron chi connectivity index (χ1n) is 9.46. The zero-order chi connectivity index (χ0) is 22.7. The summed E-state index contributed by atoms with van der Waals surface area (Å²) in [6.07, 6.45) is 1.65. The fourth-order valence-corrected chi connectivity index (χ4v) is 4.18. The predicted octanol–water partition coefficient (Wildman–Crippen LogP) is 6.64. The first-order valence-corrected chi connectivity index (χ1v) is 11.7. The average Bonchev–Trinajstić information content (AvgIpc) is 3.13. The molecule has 0 N–H and O–H groups in total. The smallest absolute Gasteiger partial charge is 0.363 e. The van der Waals surface area contributed by atoms with Gasteiger partial charge in [0.2, 0.25) is 5.90 Å². The second kappa shape index (κ2) is 10.1. The lowest BCUT2D eigenvalue weighted by Gasteiger charge is -2.14. The van der Waals surface area contributed by atoms with Gasteiger partial charge in [-0.2, -0.15) is 0 Å². The first-order chi connectivity index (χ1) is 15.4. The number of ether oxygens (including phenoxy) is 3. The van der Waals surface area contributed by atoms with Crippen molar-refractivity contribution in [1.82, 2.24) is 0 Å². The maximum Gasteiger partial charge on any atom is 0.363 e. The minimum atomic E-state index is -0.505. The maximum atomic E-state index is 12.3. The maximum absolute atomic E-state index is 12.3. The summed E-state index contributed by atoms with van der Waals surface area (Å²) in [5.41, 5.74) is 2.60. The number of benzene rings is 3. The van der Waals surface area contributed by atoms with E-state index in [4.69, 9.17) is 25.8 Å². The highest BCUT2D eigenvalue weighted by atomic mass is 127. The number of carbonyl (C=O) groups excluding carboxylic acids is 1. The zero-order valence-electron chi connectivity index (χ0n) is 16.8. The number of hydrogen-bond acceptors (Lipinski definition) is 5. The molecule has 0 unspecified atom stereocenters. The largest absolute Gasteiger partial charge is 0.493 e. The first kappa shape index (κ1) is 22.8. The van der Waals surface area contributed by atoms with Crippen LogP contribution >= 0.6 is 50.1 Å². The lowest BCUT2D eigenvalue weighted by molar-refractivity contribution is -0.129. The summed E-state index contributed by atoms with van der Waals surface area (Å²) in [6, 6.07) is 18.6. The molecule has 32 heavy (non-hydrogen) atoms. The van der Waals surface area contributed by atoms with E-state index in [1.807, 2.05) is 54.6 Å². The van der Waals surface area contributed by atoms with E-state index in [0.29, 0.717) is 33.2 Å². The Morgan fingerprint density at radius 1 is 1.16 bits per heavy atom. The van der Waals surface area contributed by atoms with Crippen LogP contribution in [0.4, 0.5) is 0 Å². The Kier molecular flexibility index (Phi) is 7.17. The zero-order valence-corrected chi connectivity index (χ0v) is 21.3. The van der Waals surface area contributed by atoms with Crippen LogP contribution in [0.25, 0.3) is 6.08 Å². The summed E-state index contributed by atoms with van der Waals surface area (Å²) >= 11 is 11.8. The van der Waals surface area contributed by atoms with Gasteiger partial charge in [-0.1, -0.05) is 23.7 Å². The fraction of sp³-hybridized carbons (Fsp3) is 0.0833. The molecule has 8 heteroatoms. The van der Waals surface area contributed by atoms with Crippen LogP contribution in [0.2, 0.25) is 5.02 Å². The number of cyclic esters (lactones) is 1. The van der Waals surface area contributed by atoms with Crippen molar-refractivity contribution in [3.05, 3.63) is 96.1 Å². The summed E-state index contributed by atoms with van der Waals surface area (Å²) in [7, 11) is 1.56. The van der Waals surface area contributed by atoms with Crippen molar-refractivity contribution >= 4 is 68.1 Å². The molecule has 0 spiro atoms. The van der Waals surface area contributed by atoms with Gasteiger partial charge in [0.15, 0.2) is 17.2 Å². The summed E-state index contributed by atoms with van der Waals surface area (Å²) < 4.78 is 18.6. The van der Waals surface area contributed by atoms with Gasteiger partial charge in [0, 0.05) is 14.2 Å². The Morgan fingerprint density at radius 3 is 2.66 bits per heavy atom. The molecule has 0 saturated heterocycles. The van der Waals surface area contributed by atoms with Gasteiger partial charge >= 0.3 is 5.97 Å². The summed E-state index contributed by atoms with van der Waals surface area (Å²) in [4.78, 5) is 16.7. The summed E-state index contributed by atoms with van der Waals surface area (Å²) in [5, 5.41) is 0.646. The van der Waals surface area contributed by atoms with Crippen molar-refractivity contribution in [3.63, 3.8) is 0 Å². The van der Waals surface area contributed by atoms with Crippen LogP contribution in [0.1, 0.15) is 16.7 Å². The molecule has 0 amide bonds. The molecule has 0 saturated carbocycles. The average molecular weight is 625 g/mol. The quantitative estimate of drug-likeness (QED) is 0.175. The Hall–Kier alpha value is -2.36. The second-order valence-electron chi connectivity index (χ2n) is 6.80. The monoisotopic (exact) mass is 623 g/mol. The number of nitrogens with zero attached hydrogens (tertiary/aromatic N) is 1. The van der Waals surface area contributed by atoms with Gasteiger partial charge in [-0.3, -0.25) is 0 Å². The van der Waals surface area contributed by atoms with E-state index in [-0.39, 0.29) is 11.6 Å². The Balaban J connectivity index is 1.59. The van der Waals surface area contributed by atoms with E-state index in [2.05, 4.69) is 43.5 Å².